The van der Waals surface area contributed by atoms with Crippen molar-refractivity contribution in [2.45, 2.75) is 38.5 Å². The zero-order valence-electron chi connectivity index (χ0n) is 12.0. The highest BCUT2D eigenvalue weighted by atomic mass is 16.5. The van der Waals surface area contributed by atoms with E-state index in [4.69, 9.17) is 10.5 Å². The van der Waals surface area contributed by atoms with Gasteiger partial charge in [0, 0.05) is 6.54 Å². The van der Waals surface area contributed by atoms with Crippen LogP contribution in [-0.2, 0) is 16.0 Å². The normalized spacial score (nSPS) is 24.4. The molecule has 1 aromatic rings. The summed E-state index contributed by atoms with van der Waals surface area (Å²) in [5.41, 5.74) is 6.97. The second kappa shape index (κ2) is 6.24. The van der Waals surface area contributed by atoms with Crippen molar-refractivity contribution in [1.82, 2.24) is 4.90 Å². The van der Waals surface area contributed by atoms with E-state index in [2.05, 4.69) is 0 Å². The van der Waals surface area contributed by atoms with Crippen LogP contribution in [0.2, 0.25) is 0 Å². The van der Waals surface area contributed by atoms with E-state index in [9.17, 15) is 9.90 Å². The van der Waals surface area contributed by atoms with Crippen LogP contribution < -0.4 is 5.73 Å². The third-order valence-electron chi connectivity index (χ3n) is 3.60. The molecule has 1 aromatic carbocycles. The first kappa shape index (κ1) is 14.8. The minimum absolute atomic E-state index is 0.0410. The van der Waals surface area contributed by atoms with E-state index in [0.29, 0.717) is 19.6 Å². The SMILES string of the molecule is CC1CN(C(=O)C(N)Cc2ccc(O)cc2)C(C)CO1. The minimum Gasteiger partial charge on any atom is -0.508 e. The molecule has 1 saturated heterocycles. The first-order valence-electron chi connectivity index (χ1n) is 6.93. The summed E-state index contributed by atoms with van der Waals surface area (Å²) in [6.45, 7) is 5.07. The summed E-state index contributed by atoms with van der Waals surface area (Å²) in [7, 11) is 0. The van der Waals surface area contributed by atoms with Crippen molar-refractivity contribution < 1.29 is 14.6 Å². The molecule has 5 heteroatoms. The number of hydrogen-bond donors (Lipinski definition) is 2. The molecule has 0 saturated carbocycles. The molecule has 110 valence electrons. The minimum atomic E-state index is -0.563. The van der Waals surface area contributed by atoms with Crippen LogP contribution >= 0.6 is 0 Å². The fraction of sp³-hybridized carbons (Fsp3) is 0.533. The number of ether oxygens (including phenoxy) is 1. The Morgan fingerprint density at radius 2 is 2.10 bits per heavy atom. The lowest BCUT2D eigenvalue weighted by molar-refractivity contribution is -0.144. The Bertz CT molecular complexity index is 461. The molecule has 1 amide bonds. The van der Waals surface area contributed by atoms with Crippen molar-refractivity contribution in [1.29, 1.82) is 0 Å². The Balaban J connectivity index is 1.99. The molecule has 20 heavy (non-hydrogen) atoms. The monoisotopic (exact) mass is 278 g/mol. The van der Waals surface area contributed by atoms with E-state index in [1.54, 1.807) is 29.2 Å². The van der Waals surface area contributed by atoms with Gasteiger partial charge in [-0.15, -0.1) is 0 Å². The van der Waals surface area contributed by atoms with Gasteiger partial charge >= 0.3 is 0 Å². The number of phenolic OH excluding ortho intramolecular Hbond substituents is 1. The van der Waals surface area contributed by atoms with E-state index in [1.807, 2.05) is 13.8 Å². The van der Waals surface area contributed by atoms with Crippen molar-refractivity contribution in [2.75, 3.05) is 13.2 Å². The van der Waals surface area contributed by atoms with Gasteiger partial charge in [-0.25, -0.2) is 0 Å². The highest BCUT2D eigenvalue weighted by Crippen LogP contribution is 2.15. The molecular weight excluding hydrogens is 256 g/mol. The van der Waals surface area contributed by atoms with E-state index in [0.717, 1.165) is 5.56 Å². The van der Waals surface area contributed by atoms with Crippen molar-refractivity contribution in [3.8, 4) is 5.75 Å². The predicted octanol–water partition coefficient (Wildman–Crippen LogP) is 0.898. The maximum Gasteiger partial charge on any atom is 0.240 e. The zero-order valence-corrected chi connectivity index (χ0v) is 12.0. The number of phenols is 1. The number of rotatable bonds is 3. The van der Waals surface area contributed by atoms with E-state index in [1.165, 1.54) is 0 Å². The quantitative estimate of drug-likeness (QED) is 0.861. The van der Waals surface area contributed by atoms with E-state index >= 15 is 0 Å². The van der Waals surface area contributed by atoms with Crippen LogP contribution in [0.3, 0.4) is 0 Å². The molecule has 1 heterocycles. The van der Waals surface area contributed by atoms with Crippen LogP contribution in [0, 0.1) is 0 Å². The number of aromatic hydroxyl groups is 1. The lowest BCUT2D eigenvalue weighted by Gasteiger charge is -2.38. The topological polar surface area (TPSA) is 75.8 Å². The van der Waals surface area contributed by atoms with Crippen LogP contribution in [0.1, 0.15) is 19.4 Å². The Morgan fingerprint density at radius 3 is 2.75 bits per heavy atom. The van der Waals surface area contributed by atoms with Gasteiger partial charge in [-0.3, -0.25) is 4.79 Å². The van der Waals surface area contributed by atoms with Gasteiger partial charge in [0.05, 0.1) is 24.8 Å². The second-order valence-corrected chi connectivity index (χ2v) is 5.46. The molecule has 0 aliphatic carbocycles. The molecular formula is C15H22N2O3. The molecule has 3 atom stereocenters. The van der Waals surface area contributed by atoms with Crippen molar-refractivity contribution in [3.05, 3.63) is 29.8 Å². The van der Waals surface area contributed by atoms with Gasteiger partial charge in [-0.05, 0) is 38.0 Å². The maximum absolute atomic E-state index is 12.4. The van der Waals surface area contributed by atoms with Crippen LogP contribution in [-0.4, -0.2) is 47.3 Å². The zero-order chi connectivity index (χ0) is 14.7. The Hall–Kier alpha value is -1.59. The van der Waals surface area contributed by atoms with Crippen molar-refractivity contribution in [3.63, 3.8) is 0 Å². The van der Waals surface area contributed by atoms with Gasteiger partial charge in [0.25, 0.3) is 0 Å². The molecule has 0 aromatic heterocycles. The summed E-state index contributed by atoms with van der Waals surface area (Å²) in [5, 5.41) is 9.25. The number of amides is 1. The number of carbonyl (C=O) groups is 1. The Morgan fingerprint density at radius 1 is 1.45 bits per heavy atom. The summed E-state index contributed by atoms with van der Waals surface area (Å²) in [5.74, 6) is 0.171. The predicted molar refractivity (Wildman–Crippen MR) is 76.4 cm³/mol. The molecule has 5 nitrogen and oxygen atoms in total. The fourth-order valence-electron chi connectivity index (χ4n) is 2.40. The average Bonchev–Trinajstić information content (AvgIpc) is 2.43. The van der Waals surface area contributed by atoms with Crippen LogP contribution in [0.5, 0.6) is 5.75 Å². The smallest absolute Gasteiger partial charge is 0.240 e. The van der Waals surface area contributed by atoms with Gasteiger partial charge < -0.3 is 20.5 Å². The van der Waals surface area contributed by atoms with E-state index < -0.39 is 6.04 Å². The third-order valence-corrected chi connectivity index (χ3v) is 3.60. The number of benzene rings is 1. The van der Waals surface area contributed by atoms with Gasteiger partial charge in [0.2, 0.25) is 5.91 Å². The maximum atomic E-state index is 12.4. The van der Waals surface area contributed by atoms with Gasteiger partial charge in [0.1, 0.15) is 5.75 Å². The molecule has 0 radical (unpaired) electrons. The molecule has 1 fully saturated rings. The highest BCUT2D eigenvalue weighted by Gasteiger charge is 2.30. The highest BCUT2D eigenvalue weighted by molar-refractivity contribution is 5.82. The standard InChI is InChI=1S/C15H22N2O3/c1-10-9-20-11(2)8-17(10)15(19)14(16)7-12-3-5-13(18)6-4-12/h3-6,10-11,14,18H,7-9,16H2,1-2H3. The number of morpholine rings is 1. The summed E-state index contributed by atoms with van der Waals surface area (Å²) >= 11 is 0. The van der Waals surface area contributed by atoms with Crippen molar-refractivity contribution >= 4 is 5.91 Å². The summed E-state index contributed by atoms with van der Waals surface area (Å²) in [6, 6.07) is 6.27. The summed E-state index contributed by atoms with van der Waals surface area (Å²) in [6.07, 6.45) is 0.522. The molecule has 0 spiro atoms. The molecule has 1 aliphatic heterocycles. The molecule has 3 unspecified atom stereocenters. The van der Waals surface area contributed by atoms with Crippen LogP contribution in [0.15, 0.2) is 24.3 Å². The van der Waals surface area contributed by atoms with Crippen LogP contribution in [0.4, 0.5) is 0 Å². The Kier molecular flexibility index (Phi) is 4.62. The third kappa shape index (κ3) is 3.49. The van der Waals surface area contributed by atoms with Crippen LogP contribution in [0.25, 0.3) is 0 Å². The lowest BCUT2D eigenvalue weighted by atomic mass is 10.0. The first-order valence-corrected chi connectivity index (χ1v) is 6.93. The molecule has 3 N–H and O–H groups in total. The number of nitrogens with two attached hydrogens (primary N) is 1. The Labute approximate surface area is 119 Å². The molecule has 1 aliphatic rings. The largest absolute Gasteiger partial charge is 0.508 e. The number of carbonyl (C=O) groups excluding carboxylic acids is 1. The van der Waals surface area contributed by atoms with E-state index in [-0.39, 0.29) is 23.8 Å². The first-order chi connectivity index (χ1) is 9.47. The fourth-order valence-corrected chi connectivity index (χ4v) is 2.40. The van der Waals surface area contributed by atoms with Gasteiger partial charge in [-0.1, -0.05) is 12.1 Å². The summed E-state index contributed by atoms with van der Waals surface area (Å²) < 4.78 is 5.52. The number of nitrogens with zero attached hydrogens (tertiary/aromatic N) is 1. The summed E-state index contributed by atoms with van der Waals surface area (Å²) in [4.78, 5) is 14.2. The average molecular weight is 278 g/mol. The lowest BCUT2D eigenvalue weighted by Crippen LogP contribution is -2.55. The number of hydrogen-bond acceptors (Lipinski definition) is 4. The van der Waals surface area contributed by atoms with Crippen molar-refractivity contribution in [2.24, 2.45) is 5.73 Å². The molecule has 2 rings (SSSR count). The molecule has 0 bridgehead atoms. The van der Waals surface area contributed by atoms with Gasteiger partial charge in [-0.2, -0.15) is 0 Å². The van der Waals surface area contributed by atoms with Gasteiger partial charge in [0.15, 0.2) is 0 Å². The second-order valence-electron chi connectivity index (χ2n) is 5.46.